The van der Waals surface area contributed by atoms with Crippen LogP contribution in [0.3, 0.4) is 0 Å². The van der Waals surface area contributed by atoms with Crippen LogP contribution < -0.4 is 15.2 Å². The third-order valence-corrected chi connectivity index (χ3v) is 5.14. The lowest BCUT2D eigenvalue weighted by atomic mass is 10.00. The predicted octanol–water partition coefficient (Wildman–Crippen LogP) is 4.20. The van der Waals surface area contributed by atoms with Crippen LogP contribution in [0.5, 0.6) is 5.75 Å². The lowest BCUT2D eigenvalue weighted by Crippen LogP contribution is -2.35. The molecule has 1 aromatic heterocycles. The van der Waals surface area contributed by atoms with Gasteiger partial charge in [-0.15, -0.1) is 0 Å². The fourth-order valence-electron chi connectivity index (χ4n) is 3.45. The summed E-state index contributed by atoms with van der Waals surface area (Å²) in [5.41, 5.74) is 2.55. The first kappa shape index (κ1) is 22.0. The number of hydrogen-bond acceptors (Lipinski definition) is 5. The van der Waals surface area contributed by atoms with Gasteiger partial charge in [0.05, 0.1) is 12.7 Å². The van der Waals surface area contributed by atoms with Gasteiger partial charge in [0.15, 0.2) is 5.78 Å². The minimum absolute atomic E-state index is 0.262. The summed E-state index contributed by atoms with van der Waals surface area (Å²) >= 11 is 0. The number of rotatable bonds is 8. The Hall–Kier alpha value is -3.67. The molecule has 0 spiro atoms. The first-order valence-electron chi connectivity index (χ1n) is 10.3. The number of carbonyl (C=O) groups excluding carboxylic acids is 1. The number of benzene rings is 2. The topological polar surface area (TPSA) is 64.4 Å². The first-order chi connectivity index (χ1) is 15.0. The Morgan fingerprint density at radius 1 is 1.06 bits per heavy atom. The van der Waals surface area contributed by atoms with Gasteiger partial charge in [0.1, 0.15) is 17.1 Å². The van der Waals surface area contributed by atoms with E-state index < -0.39 is 0 Å². The summed E-state index contributed by atoms with van der Waals surface area (Å²) in [5.74, 6) is 0.483. The molecule has 3 aromatic rings. The van der Waals surface area contributed by atoms with E-state index >= 15 is 0 Å². The van der Waals surface area contributed by atoms with Gasteiger partial charge in [0.25, 0.3) is 5.56 Å². The quantitative estimate of drug-likeness (QED) is 0.406. The summed E-state index contributed by atoms with van der Waals surface area (Å²) < 4.78 is 6.48. The zero-order chi connectivity index (χ0) is 22.4. The van der Waals surface area contributed by atoms with E-state index in [1.807, 2.05) is 73.3 Å². The number of allylic oxidation sites excluding steroid dienone is 1. The van der Waals surface area contributed by atoms with Gasteiger partial charge >= 0.3 is 0 Å². The first-order valence-corrected chi connectivity index (χ1v) is 10.3. The summed E-state index contributed by atoms with van der Waals surface area (Å²) in [5, 5.41) is 4.46. The van der Waals surface area contributed by atoms with E-state index in [0.29, 0.717) is 30.0 Å². The Balaban J connectivity index is 2.17. The molecule has 6 heteroatoms. The number of ketones is 1. The van der Waals surface area contributed by atoms with Crippen LogP contribution >= 0.6 is 0 Å². The van der Waals surface area contributed by atoms with Gasteiger partial charge in [-0.1, -0.05) is 48.5 Å². The largest absolute Gasteiger partial charge is 0.497 e. The van der Waals surface area contributed by atoms with Crippen molar-refractivity contribution in [2.45, 2.75) is 13.8 Å². The molecule has 31 heavy (non-hydrogen) atoms. The van der Waals surface area contributed by atoms with E-state index in [9.17, 15) is 9.59 Å². The third kappa shape index (κ3) is 4.74. The number of nitrogens with zero attached hydrogens (tertiary/aromatic N) is 3. The molecule has 0 aliphatic carbocycles. The Bertz CT molecular complexity index is 1130. The van der Waals surface area contributed by atoms with Gasteiger partial charge in [0.2, 0.25) is 0 Å². The molecule has 1 heterocycles. The van der Waals surface area contributed by atoms with Gasteiger partial charge in [0, 0.05) is 25.7 Å². The van der Waals surface area contributed by atoms with Crippen LogP contribution in [0.25, 0.3) is 17.3 Å². The van der Waals surface area contributed by atoms with Crippen LogP contribution in [-0.2, 0) is 7.05 Å². The highest BCUT2D eigenvalue weighted by atomic mass is 16.5. The van der Waals surface area contributed by atoms with E-state index in [0.717, 1.165) is 16.9 Å². The van der Waals surface area contributed by atoms with Crippen molar-refractivity contribution in [3.05, 3.63) is 82.2 Å². The molecule has 0 bridgehead atoms. The molecule has 0 atom stereocenters. The van der Waals surface area contributed by atoms with Crippen molar-refractivity contribution in [3.63, 3.8) is 0 Å². The molecule has 0 fully saturated rings. The van der Waals surface area contributed by atoms with E-state index in [2.05, 4.69) is 5.10 Å². The Labute approximate surface area is 182 Å². The second-order valence-electron chi connectivity index (χ2n) is 7.01. The van der Waals surface area contributed by atoms with E-state index in [1.54, 1.807) is 20.2 Å². The highest BCUT2D eigenvalue weighted by molar-refractivity contribution is 6.14. The summed E-state index contributed by atoms with van der Waals surface area (Å²) in [6.07, 6.45) is 3.23. The van der Waals surface area contributed by atoms with Crippen molar-refractivity contribution < 1.29 is 9.53 Å². The van der Waals surface area contributed by atoms with Crippen molar-refractivity contribution >= 4 is 17.5 Å². The molecule has 0 unspecified atom stereocenters. The summed E-state index contributed by atoms with van der Waals surface area (Å²) in [6, 6.07) is 16.9. The highest BCUT2D eigenvalue weighted by Crippen LogP contribution is 2.28. The van der Waals surface area contributed by atoms with E-state index in [4.69, 9.17) is 4.74 Å². The maximum Gasteiger partial charge on any atom is 0.290 e. The molecule has 3 rings (SSSR count). The minimum atomic E-state index is -0.287. The van der Waals surface area contributed by atoms with Gasteiger partial charge in [-0.2, -0.15) is 5.10 Å². The van der Waals surface area contributed by atoms with Crippen LogP contribution in [0.4, 0.5) is 5.69 Å². The summed E-state index contributed by atoms with van der Waals surface area (Å²) in [4.78, 5) is 28.4. The van der Waals surface area contributed by atoms with Crippen molar-refractivity contribution in [2.24, 2.45) is 7.05 Å². The van der Waals surface area contributed by atoms with Crippen LogP contribution in [0.1, 0.15) is 29.8 Å². The second-order valence-corrected chi connectivity index (χ2v) is 7.01. The number of ether oxygens (including phenoxy) is 1. The lowest BCUT2D eigenvalue weighted by Gasteiger charge is -2.24. The van der Waals surface area contributed by atoms with E-state index in [1.165, 1.54) is 10.8 Å². The maximum absolute atomic E-state index is 13.4. The Kier molecular flexibility index (Phi) is 7.03. The Morgan fingerprint density at radius 3 is 2.29 bits per heavy atom. The second kappa shape index (κ2) is 9.89. The van der Waals surface area contributed by atoms with Crippen molar-refractivity contribution in [3.8, 4) is 17.0 Å². The molecule has 0 aliphatic heterocycles. The number of hydrogen-bond donors (Lipinski definition) is 0. The molecule has 160 valence electrons. The fourth-order valence-corrected chi connectivity index (χ4v) is 3.45. The summed E-state index contributed by atoms with van der Waals surface area (Å²) in [7, 11) is 3.22. The number of aryl methyl sites for hydroxylation is 1. The number of carbonyl (C=O) groups is 1. The lowest BCUT2D eigenvalue weighted by molar-refractivity contribution is 0.104. The average Bonchev–Trinajstić information content (AvgIpc) is 2.81. The molecule has 0 aliphatic rings. The molecule has 6 nitrogen and oxygen atoms in total. The molecule has 0 saturated heterocycles. The number of aromatic nitrogens is 2. The van der Waals surface area contributed by atoms with Gasteiger partial charge in [-0.25, -0.2) is 4.68 Å². The van der Waals surface area contributed by atoms with Gasteiger partial charge < -0.3 is 9.64 Å². The van der Waals surface area contributed by atoms with Crippen LogP contribution in [0.15, 0.2) is 65.5 Å². The Morgan fingerprint density at radius 2 is 1.71 bits per heavy atom. The van der Waals surface area contributed by atoms with Crippen LogP contribution in [0, 0.1) is 0 Å². The van der Waals surface area contributed by atoms with Gasteiger partial charge in [-0.05, 0) is 37.6 Å². The molecule has 0 N–H and O–H groups in total. The van der Waals surface area contributed by atoms with Crippen molar-refractivity contribution in [1.29, 1.82) is 0 Å². The predicted molar refractivity (Wildman–Crippen MR) is 125 cm³/mol. The standard InChI is InChI=1S/C25H27N3O3/c1-5-28(6-2)24-22(21(29)17-14-18-12-15-20(31-4)16-13-18)23(26-27(3)25(24)30)19-10-8-7-9-11-19/h7-17H,5-6H2,1-4H3/b17-14-. The molecule has 2 aromatic carbocycles. The fraction of sp³-hybridized carbons (Fsp3) is 0.240. The maximum atomic E-state index is 13.4. The molecular formula is C25H27N3O3. The van der Waals surface area contributed by atoms with Crippen molar-refractivity contribution in [1.82, 2.24) is 9.78 Å². The third-order valence-electron chi connectivity index (χ3n) is 5.14. The molecule has 0 saturated carbocycles. The van der Waals surface area contributed by atoms with Crippen molar-refractivity contribution in [2.75, 3.05) is 25.1 Å². The molecular weight excluding hydrogens is 390 g/mol. The monoisotopic (exact) mass is 417 g/mol. The number of anilines is 1. The van der Waals surface area contributed by atoms with Crippen LogP contribution in [-0.4, -0.2) is 35.8 Å². The summed E-state index contributed by atoms with van der Waals surface area (Å²) in [6.45, 7) is 5.14. The zero-order valence-corrected chi connectivity index (χ0v) is 18.3. The normalized spacial score (nSPS) is 11.0. The minimum Gasteiger partial charge on any atom is -0.497 e. The van der Waals surface area contributed by atoms with Gasteiger partial charge in [-0.3, -0.25) is 9.59 Å². The highest BCUT2D eigenvalue weighted by Gasteiger charge is 2.25. The SMILES string of the molecule is CCN(CC)c1c(C(=O)/C=C\c2ccc(OC)cc2)c(-c2ccccc2)nn(C)c1=O. The zero-order valence-electron chi connectivity index (χ0n) is 18.3. The average molecular weight is 418 g/mol. The number of methoxy groups -OCH3 is 1. The molecule has 0 amide bonds. The smallest absolute Gasteiger partial charge is 0.290 e. The van der Waals surface area contributed by atoms with E-state index in [-0.39, 0.29) is 11.3 Å². The molecule has 0 radical (unpaired) electrons. The van der Waals surface area contributed by atoms with Crippen LogP contribution in [0.2, 0.25) is 0 Å².